The molecule has 0 saturated heterocycles. The maximum absolute atomic E-state index is 10.7. The van der Waals surface area contributed by atoms with E-state index in [1.807, 2.05) is 54.6 Å². The highest BCUT2D eigenvalue weighted by Crippen LogP contribution is 2.33. The van der Waals surface area contributed by atoms with Crippen LogP contribution >= 0.6 is 23.4 Å². The van der Waals surface area contributed by atoms with Crippen molar-refractivity contribution in [1.29, 1.82) is 0 Å². The van der Waals surface area contributed by atoms with Crippen molar-refractivity contribution in [2.75, 3.05) is 26.6 Å². The van der Waals surface area contributed by atoms with Crippen molar-refractivity contribution in [2.45, 2.75) is 4.90 Å². The minimum absolute atomic E-state index is 0.407. The Morgan fingerprint density at radius 3 is 2.09 bits per heavy atom. The normalized spacial score (nSPS) is 10.3. The molecular formula is C25H23ClO5S. The Labute approximate surface area is 196 Å². The number of halogens is 1. The van der Waals surface area contributed by atoms with E-state index in [1.165, 1.54) is 0 Å². The quantitative estimate of drug-likeness (QED) is 0.364. The zero-order valence-electron chi connectivity index (χ0n) is 17.7. The number of carboxylic acid groups (broad SMARTS) is 1. The first-order valence-corrected chi connectivity index (χ1v) is 11.1. The number of aliphatic carboxylic acids is 1. The van der Waals surface area contributed by atoms with Gasteiger partial charge in [-0.2, -0.15) is 0 Å². The second-order valence-electron chi connectivity index (χ2n) is 6.67. The lowest BCUT2D eigenvalue weighted by molar-refractivity contribution is -0.139. The van der Waals surface area contributed by atoms with Crippen molar-refractivity contribution in [3.63, 3.8) is 0 Å². The van der Waals surface area contributed by atoms with Crippen molar-refractivity contribution in [3.05, 3.63) is 89.0 Å². The zero-order valence-corrected chi connectivity index (χ0v) is 19.3. The third-order valence-electron chi connectivity index (χ3n) is 4.55. The number of hydrogen-bond acceptors (Lipinski definition) is 5. The van der Waals surface area contributed by atoms with Crippen LogP contribution in [-0.2, 0) is 4.79 Å². The van der Waals surface area contributed by atoms with Gasteiger partial charge in [-0.15, -0.1) is 11.8 Å². The average Bonchev–Trinajstić information content (AvgIpc) is 2.81. The predicted octanol–water partition coefficient (Wildman–Crippen LogP) is 6.04. The Morgan fingerprint density at radius 2 is 1.56 bits per heavy atom. The number of methoxy groups -OCH3 is 2. The molecule has 7 heteroatoms. The molecule has 0 atom stereocenters. The number of carboxylic acids is 1. The van der Waals surface area contributed by atoms with Crippen LogP contribution in [0.2, 0.25) is 5.02 Å². The Balaban J connectivity index is 1.84. The Morgan fingerprint density at radius 1 is 0.938 bits per heavy atom. The van der Waals surface area contributed by atoms with E-state index in [0.29, 0.717) is 16.5 Å². The van der Waals surface area contributed by atoms with E-state index in [9.17, 15) is 4.79 Å². The lowest BCUT2D eigenvalue weighted by Gasteiger charge is -2.12. The largest absolute Gasteiger partial charge is 0.497 e. The smallest absolute Gasteiger partial charge is 0.341 e. The molecule has 0 amide bonds. The zero-order chi connectivity index (χ0) is 22.9. The van der Waals surface area contributed by atoms with E-state index in [1.54, 1.807) is 38.1 Å². The summed E-state index contributed by atoms with van der Waals surface area (Å²) < 4.78 is 16.0. The van der Waals surface area contributed by atoms with Gasteiger partial charge in [-0.05, 0) is 59.2 Å². The molecule has 0 aliphatic heterocycles. The van der Waals surface area contributed by atoms with Gasteiger partial charge in [0.1, 0.15) is 17.2 Å². The molecule has 1 N–H and O–H groups in total. The van der Waals surface area contributed by atoms with Crippen LogP contribution in [-0.4, -0.2) is 37.7 Å². The highest BCUT2D eigenvalue weighted by atomic mass is 35.5. The standard InChI is InChI=1S/C25H23ClO5S/c1-29-19-7-3-5-17(13-19)22(18-6-4-8-20(14-18)30-2)11-12-32-24-10-9-21(15-23(24)26)31-16-25(27)28/h3-11,13-15H,12,16H2,1-2H3,(H,27,28). The fourth-order valence-corrected chi connectivity index (χ4v) is 4.16. The van der Waals surface area contributed by atoms with Crippen molar-refractivity contribution < 1.29 is 24.1 Å². The first-order valence-electron chi connectivity index (χ1n) is 9.76. The summed E-state index contributed by atoms with van der Waals surface area (Å²) in [7, 11) is 3.30. The van der Waals surface area contributed by atoms with Gasteiger partial charge in [0.05, 0.1) is 19.2 Å². The first-order chi connectivity index (χ1) is 15.5. The van der Waals surface area contributed by atoms with Gasteiger partial charge in [-0.3, -0.25) is 0 Å². The minimum Gasteiger partial charge on any atom is -0.497 e. The van der Waals surface area contributed by atoms with E-state index >= 15 is 0 Å². The number of rotatable bonds is 10. The van der Waals surface area contributed by atoms with E-state index in [0.717, 1.165) is 33.1 Å². The molecular weight excluding hydrogens is 448 g/mol. The van der Waals surface area contributed by atoms with Gasteiger partial charge in [0.15, 0.2) is 6.61 Å². The highest BCUT2D eigenvalue weighted by molar-refractivity contribution is 7.99. The molecule has 0 saturated carbocycles. The van der Waals surface area contributed by atoms with E-state index < -0.39 is 12.6 Å². The van der Waals surface area contributed by atoms with Crippen LogP contribution in [0.25, 0.3) is 5.57 Å². The van der Waals surface area contributed by atoms with Gasteiger partial charge in [0.25, 0.3) is 0 Å². The van der Waals surface area contributed by atoms with E-state index in [-0.39, 0.29) is 0 Å². The number of ether oxygens (including phenoxy) is 3. The monoisotopic (exact) mass is 470 g/mol. The molecule has 166 valence electrons. The van der Waals surface area contributed by atoms with Crippen LogP contribution in [0.15, 0.2) is 77.7 Å². The van der Waals surface area contributed by atoms with Gasteiger partial charge in [0.2, 0.25) is 0 Å². The second-order valence-corrected chi connectivity index (χ2v) is 8.14. The summed E-state index contributed by atoms with van der Waals surface area (Å²) in [6, 6.07) is 21.0. The van der Waals surface area contributed by atoms with Crippen LogP contribution in [0.1, 0.15) is 11.1 Å². The van der Waals surface area contributed by atoms with Crippen LogP contribution in [0, 0.1) is 0 Å². The summed E-state index contributed by atoms with van der Waals surface area (Å²) in [5.74, 6) is 1.62. The van der Waals surface area contributed by atoms with Gasteiger partial charge in [-0.1, -0.05) is 41.9 Å². The third-order valence-corrected chi connectivity index (χ3v) is 5.98. The Hall–Kier alpha value is -3.09. The third kappa shape index (κ3) is 6.45. The minimum atomic E-state index is -1.03. The van der Waals surface area contributed by atoms with Gasteiger partial charge >= 0.3 is 5.97 Å². The van der Waals surface area contributed by atoms with Gasteiger partial charge in [0, 0.05) is 10.6 Å². The molecule has 0 heterocycles. The van der Waals surface area contributed by atoms with Crippen molar-refractivity contribution in [3.8, 4) is 17.2 Å². The molecule has 3 rings (SSSR count). The molecule has 32 heavy (non-hydrogen) atoms. The molecule has 3 aromatic rings. The van der Waals surface area contributed by atoms with Crippen molar-refractivity contribution >= 4 is 34.9 Å². The fourth-order valence-electron chi connectivity index (χ4n) is 3.03. The lowest BCUT2D eigenvalue weighted by Crippen LogP contribution is -2.09. The van der Waals surface area contributed by atoms with E-state index in [2.05, 4.69) is 6.08 Å². The topological polar surface area (TPSA) is 65.0 Å². The molecule has 3 aromatic carbocycles. The molecule has 0 bridgehead atoms. The number of thioether (sulfide) groups is 1. The maximum Gasteiger partial charge on any atom is 0.341 e. The predicted molar refractivity (Wildman–Crippen MR) is 128 cm³/mol. The van der Waals surface area contributed by atoms with Crippen LogP contribution in [0.5, 0.6) is 17.2 Å². The highest BCUT2D eigenvalue weighted by Gasteiger charge is 2.09. The summed E-state index contributed by atoms with van der Waals surface area (Å²) in [5.41, 5.74) is 3.11. The van der Waals surface area contributed by atoms with Gasteiger partial charge in [-0.25, -0.2) is 4.79 Å². The molecule has 5 nitrogen and oxygen atoms in total. The molecule has 0 spiro atoms. The molecule has 0 aliphatic rings. The molecule has 0 aromatic heterocycles. The van der Waals surface area contributed by atoms with Crippen LogP contribution < -0.4 is 14.2 Å². The summed E-state index contributed by atoms with van der Waals surface area (Å²) in [6.07, 6.45) is 2.14. The van der Waals surface area contributed by atoms with Gasteiger partial charge < -0.3 is 19.3 Å². The number of hydrogen-bond donors (Lipinski definition) is 1. The Kier molecular flexibility index (Phi) is 8.48. The fraction of sp³-hybridized carbons (Fsp3) is 0.160. The summed E-state index contributed by atoms with van der Waals surface area (Å²) in [4.78, 5) is 11.5. The number of carbonyl (C=O) groups is 1. The van der Waals surface area contributed by atoms with Crippen molar-refractivity contribution in [2.24, 2.45) is 0 Å². The molecule has 0 unspecified atom stereocenters. The second kappa shape index (κ2) is 11.5. The molecule has 0 radical (unpaired) electrons. The van der Waals surface area contributed by atoms with E-state index in [4.69, 9.17) is 30.9 Å². The summed E-state index contributed by atoms with van der Waals surface area (Å²) in [5, 5.41) is 9.25. The average molecular weight is 471 g/mol. The summed E-state index contributed by atoms with van der Waals surface area (Å²) >= 11 is 7.95. The molecule has 0 aliphatic carbocycles. The molecule has 0 fully saturated rings. The van der Waals surface area contributed by atoms with Crippen molar-refractivity contribution in [1.82, 2.24) is 0 Å². The Bertz CT molecular complexity index is 1060. The maximum atomic E-state index is 10.7. The van der Waals surface area contributed by atoms with Crippen LogP contribution in [0.4, 0.5) is 0 Å². The van der Waals surface area contributed by atoms with Crippen LogP contribution in [0.3, 0.4) is 0 Å². The SMILES string of the molecule is COc1cccc(C(=CCSc2ccc(OCC(=O)O)cc2Cl)c2cccc(OC)c2)c1. The summed E-state index contributed by atoms with van der Waals surface area (Å²) in [6.45, 7) is -0.407. The first kappa shape index (κ1) is 23.6. The number of benzene rings is 3. The lowest BCUT2D eigenvalue weighted by atomic mass is 9.97.